The van der Waals surface area contributed by atoms with Crippen molar-refractivity contribution >= 4 is 17.8 Å². The number of aromatic nitrogens is 3. The van der Waals surface area contributed by atoms with Gasteiger partial charge >= 0.3 is 11.7 Å². The molecule has 0 unspecified atom stereocenters. The van der Waals surface area contributed by atoms with Crippen LogP contribution in [0.5, 0.6) is 0 Å². The summed E-state index contributed by atoms with van der Waals surface area (Å²) in [5.41, 5.74) is -1.22. The van der Waals surface area contributed by atoms with Crippen molar-refractivity contribution in [2.24, 2.45) is 5.92 Å². The van der Waals surface area contributed by atoms with Crippen molar-refractivity contribution in [3.63, 3.8) is 0 Å². The fourth-order valence-corrected chi connectivity index (χ4v) is 4.10. The van der Waals surface area contributed by atoms with Crippen LogP contribution in [0.15, 0.2) is 4.79 Å². The Morgan fingerprint density at radius 1 is 1.21 bits per heavy atom. The molecule has 2 fully saturated rings. The van der Waals surface area contributed by atoms with Gasteiger partial charge in [0.25, 0.3) is 5.91 Å². The van der Waals surface area contributed by atoms with E-state index in [9.17, 15) is 19.2 Å². The van der Waals surface area contributed by atoms with Crippen molar-refractivity contribution in [2.75, 3.05) is 26.2 Å². The molecule has 0 aliphatic carbocycles. The van der Waals surface area contributed by atoms with Gasteiger partial charge in [0.1, 0.15) is 11.4 Å². The number of hydrogen-bond acceptors (Lipinski definition) is 5. The van der Waals surface area contributed by atoms with E-state index in [2.05, 4.69) is 15.2 Å². The third kappa shape index (κ3) is 3.55. The highest BCUT2D eigenvalue weighted by Gasteiger charge is 2.57. The van der Waals surface area contributed by atoms with Crippen LogP contribution in [0.2, 0.25) is 0 Å². The minimum atomic E-state index is -0.832. The third-order valence-electron chi connectivity index (χ3n) is 5.55. The van der Waals surface area contributed by atoms with Gasteiger partial charge in [-0.2, -0.15) is 5.10 Å². The van der Waals surface area contributed by atoms with Gasteiger partial charge in [0, 0.05) is 39.0 Å². The lowest BCUT2D eigenvalue weighted by atomic mass is 9.85. The first-order valence-corrected chi connectivity index (χ1v) is 9.83. The molecule has 10 nitrogen and oxygen atoms in total. The summed E-state index contributed by atoms with van der Waals surface area (Å²) in [5, 5.41) is 6.08. The number of likely N-dealkylation sites (tertiary alicyclic amines) is 1. The lowest BCUT2D eigenvalue weighted by Gasteiger charge is -2.42. The van der Waals surface area contributed by atoms with E-state index in [0.717, 1.165) is 0 Å². The Morgan fingerprint density at radius 2 is 1.89 bits per heavy atom. The molecule has 1 aromatic rings. The van der Waals surface area contributed by atoms with E-state index in [1.54, 1.807) is 16.7 Å². The molecule has 28 heavy (non-hydrogen) atoms. The van der Waals surface area contributed by atoms with Crippen molar-refractivity contribution in [3.05, 3.63) is 16.3 Å². The lowest BCUT2D eigenvalue weighted by Crippen LogP contribution is -2.58. The first-order chi connectivity index (χ1) is 13.3. The highest BCUT2D eigenvalue weighted by atomic mass is 16.2. The number of carbonyl (C=O) groups is 3. The summed E-state index contributed by atoms with van der Waals surface area (Å²) in [6, 6.07) is -0.219. The van der Waals surface area contributed by atoms with Crippen molar-refractivity contribution in [2.45, 2.75) is 52.0 Å². The number of aromatic amines is 2. The monoisotopic (exact) mass is 392 g/mol. The number of imide groups is 1. The van der Waals surface area contributed by atoms with Gasteiger partial charge in [0.2, 0.25) is 5.91 Å². The standard InChI is InChI=1S/C18H28N6O4/c1-4-23-15(26)18(24(17(23)28)11-12(2)3)7-9-22(10-8-18)14(25)6-5-13-19-16(27)21-20-13/h12H,4-11H2,1-3H3,(H2,19,20,21,27). The molecule has 0 saturated carbocycles. The smallest absolute Gasteiger partial charge is 0.340 e. The Labute approximate surface area is 163 Å². The molecule has 0 atom stereocenters. The Balaban J connectivity index is 1.66. The number of carbonyl (C=O) groups excluding carboxylic acids is 3. The molecule has 1 aromatic heterocycles. The number of likely N-dealkylation sites (N-methyl/N-ethyl adjacent to an activating group) is 1. The average molecular weight is 392 g/mol. The minimum Gasteiger partial charge on any atom is -0.342 e. The van der Waals surface area contributed by atoms with Crippen LogP contribution in [0.3, 0.4) is 0 Å². The number of urea groups is 1. The summed E-state index contributed by atoms with van der Waals surface area (Å²) >= 11 is 0. The molecule has 0 aromatic carbocycles. The van der Waals surface area contributed by atoms with Crippen molar-refractivity contribution < 1.29 is 14.4 Å². The van der Waals surface area contributed by atoms with E-state index in [-0.39, 0.29) is 30.2 Å². The lowest BCUT2D eigenvalue weighted by molar-refractivity contribution is -0.141. The predicted molar refractivity (Wildman–Crippen MR) is 100 cm³/mol. The fourth-order valence-electron chi connectivity index (χ4n) is 4.10. The number of rotatable bonds is 6. The molecule has 3 rings (SSSR count). The van der Waals surface area contributed by atoms with E-state index in [0.29, 0.717) is 51.3 Å². The molecular weight excluding hydrogens is 364 g/mol. The van der Waals surface area contributed by atoms with Gasteiger partial charge in [-0.05, 0) is 25.7 Å². The van der Waals surface area contributed by atoms with Gasteiger partial charge in [-0.3, -0.25) is 19.5 Å². The summed E-state index contributed by atoms with van der Waals surface area (Å²) in [5.74, 6) is 0.520. The van der Waals surface area contributed by atoms with Gasteiger partial charge in [-0.1, -0.05) is 13.8 Å². The van der Waals surface area contributed by atoms with Crippen LogP contribution in [0.4, 0.5) is 4.79 Å². The molecule has 2 saturated heterocycles. The van der Waals surface area contributed by atoms with Crippen LogP contribution in [0.25, 0.3) is 0 Å². The molecule has 10 heteroatoms. The molecule has 154 valence electrons. The normalized spacial score (nSPS) is 19.4. The number of hydrogen-bond donors (Lipinski definition) is 2. The largest absolute Gasteiger partial charge is 0.342 e. The molecule has 0 bridgehead atoms. The van der Waals surface area contributed by atoms with Crippen LogP contribution in [0, 0.1) is 5.92 Å². The second kappa shape index (κ2) is 7.76. The summed E-state index contributed by atoms with van der Waals surface area (Å²) in [4.78, 5) is 56.7. The first kappa shape index (κ1) is 20.1. The van der Waals surface area contributed by atoms with Gasteiger partial charge in [0.05, 0.1) is 0 Å². The van der Waals surface area contributed by atoms with Crippen LogP contribution in [0.1, 0.15) is 45.9 Å². The van der Waals surface area contributed by atoms with Crippen LogP contribution in [-0.2, 0) is 16.0 Å². The molecule has 3 heterocycles. The second-order valence-electron chi connectivity index (χ2n) is 7.87. The zero-order valence-electron chi connectivity index (χ0n) is 16.7. The average Bonchev–Trinajstić information content (AvgIpc) is 3.16. The Bertz CT molecular complexity index is 805. The van der Waals surface area contributed by atoms with E-state index < -0.39 is 11.2 Å². The third-order valence-corrected chi connectivity index (χ3v) is 5.55. The second-order valence-corrected chi connectivity index (χ2v) is 7.87. The molecule has 2 N–H and O–H groups in total. The van der Waals surface area contributed by atoms with Gasteiger partial charge in [0.15, 0.2) is 0 Å². The number of aryl methyl sites for hydroxylation is 1. The number of piperidine rings is 1. The van der Waals surface area contributed by atoms with Crippen LogP contribution < -0.4 is 5.69 Å². The van der Waals surface area contributed by atoms with E-state index in [4.69, 9.17) is 0 Å². The number of H-pyrrole nitrogens is 2. The summed E-state index contributed by atoms with van der Waals surface area (Å²) < 4.78 is 0. The number of nitrogens with zero attached hydrogens (tertiary/aromatic N) is 4. The maximum Gasteiger partial charge on any atom is 0.340 e. The highest BCUT2D eigenvalue weighted by molar-refractivity contribution is 6.07. The van der Waals surface area contributed by atoms with Crippen molar-refractivity contribution in [3.8, 4) is 0 Å². The predicted octanol–water partition coefficient (Wildman–Crippen LogP) is 0.332. The molecule has 4 amide bonds. The Morgan fingerprint density at radius 3 is 2.43 bits per heavy atom. The maximum absolute atomic E-state index is 13.0. The van der Waals surface area contributed by atoms with Crippen molar-refractivity contribution in [1.82, 2.24) is 29.9 Å². The molecule has 1 spiro atoms. The van der Waals surface area contributed by atoms with Crippen molar-refractivity contribution in [1.29, 1.82) is 0 Å². The van der Waals surface area contributed by atoms with E-state index in [1.165, 1.54) is 4.90 Å². The molecule has 2 aliphatic rings. The molecule has 0 radical (unpaired) electrons. The maximum atomic E-state index is 13.0. The number of amides is 4. The quantitative estimate of drug-likeness (QED) is 0.676. The van der Waals surface area contributed by atoms with Gasteiger partial charge in [-0.25, -0.2) is 14.7 Å². The molecular formula is C18H28N6O4. The zero-order valence-corrected chi connectivity index (χ0v) is 16.7. The van der Waals surface area contributed by atoms with Crippen LogP contribution in [-0.4, -0.2) is 79.4 Å². The first-order valence-electron chi connectivity index (χ1n) is 9.83. The summed E-state index contributed by atoms with van der Waals surface area (Å²) in [6.07, 6.45) is 1.48. The van der Waals surface area contributed by atoms with E-state index >= 15 is 0 Å². The minimum absolute atomic E-state index is 0.0433. The summed E-state index contributed by atoms with van der Waals surface area (Å²) in [6.45, 7) is 7.61. The Hall–Kier alpha value is -2.65. The SMILES string of the molecule is CCN1C(=O)N(CC(C)C)C2(CCN(C(=O)CCc3n[nH]c(=O)[nH]3)CC2)C1=O. The zero-order chi connectivity index (χ0) is 20.5. The highest BCUT2D eigenvalue weighted by Crippen LogP contribution is 2.37. The fraction of sp³-hybridized carbons (Fsp3) is 0.722. The molecule has 2 aliphatic heterocycles. The summed E-state index contributed by atoms with van der Waals surface area (Å²) in [7, 11) is 0. The Kier molecular flexibility index (Phi) is 5.57. The van der Waals surface area contributed by atoms with Crippen LogP contribution >= 0.6 is 0 Å². The van der Waals surface area contributed by atoms with Gasteiger partial charge < -0.3 is 9.80 Å². The van der Waals surface area contributed by atoms with Gasteiger partial charge in [-0.15, -0.1) is 0 Å². The number of nitrogens with one attached hydrogen (secondary N) is 2. The topological polar surface area (TPSA) is 122 Å². The van der Waals surface area contributed by atoms with E-state index in [1.807, 2.05) is 13.8 Å².